The summed E-state index contributed by atoms with van der Waals surface area (Å²) >= 11 is 0. The summed E-state index contributed by atoms with van der Waals surface area (Å²) in [6, 6.07) is 15.4. The summed E-state index contributed by atoms with van der Waals surface area (Å²) in [5.74, 6) is 2.16. The van der Waals surface area contributed by atoms with Crippen molar-refractivity contribution in [3.8, 4) is 11.5 Å². The molecule has 1 atom stereocenters. The van der Waals surface area contributed by atoms with Gasteiger partial charge in [0.2, 0.25) is 0 Å². The topological polar surface area (TPSA) is 67.9 Å². The molecule has 2 amide bonds. The zero-order valence-corrected chi connectivity index (χ0v) is 17.6. The molecule has 1 unspecified atom stereocenters. The third kappa shape index (κ3) is 4.38. The summed E-state index contributed by atoms with van der Waals surface area (Å²) in [4.78, 5) is 27.6. The van der Waals surface area contributed by atoms with Crippen LogP contribution in [0.1, 0.15) is 47.6 Å². The Hall–Kier alpha value is -3.02. The first-order valence-electron chi connectivity index (χ1n) is 11.2. The molecule has 2 aliphatic heterocycles. The average molecular weight is 421 g/mol. The van der Waals surface area contributed by atoms with E-state index in [4.69, 9.17) is 9.47 Å². The smallest absolute Gasteiger partial charge is 0.317 e. The van der Waals surface area contributed by atoms with Crippen LogP contribution in [0.3, 0.4) is 0 Å². The van der Waals surface area contributed by atoms with Crippen LogP contribution in [-0.4, -0.2) is 43.0 Å². The number of carbonyl (C=O) groups excluding carboxylic acids is 2. The molecule has 3 aliphatic rings. The van der Waals surface area contributed by atoms with Crippen LogP contribution in [0.4, 0.5) is 4.79 Å². The summed E-state index contributed by atoms with van der Waals surface area (Å²) < 4.78 is 11.4. The zero-order valence-electron chi connectivity index (χ0n) is 17.6. The summed E-state index contributed by atoms with van der Waals surface area (Å²) in [6.45, 7) is 2.33. The highest BCUT2D eigenvalue weighted by atomic mass is 16.6. The Labute approximate surface area is 182 Å². The van der Waals surface area contributed by atoms with Crippen molar-refractivity contribution >= 4 is 11.8 Å². The first kappa shape index (κ1) is 19.9. The molecule has 2 aromatic carbocycles. The Bertz CT molecular complexity index is 949. The molecule has 0 aromatic heterocycles. The summed E-state index contributed by atoms with van der Waals surface area (Å²) in [5.41, 5.74) is 1.83. The van der Waals surface area contributed by atoms with E-state index in [0.29, 0.717) is 45.1 Å². The van der Waals surface area contributed by atoms with Crippen molar-refractivity contribution < 1.29 is 19.1 Å². The first-order chi connectivity index (χ1) is 15.2. The Balaban J connectivity index is 1.21. The van der Waals surface area contributed by atoms with Gasteiger partial charge in [0.05, 0.1) is 6.04 Å². The highest BCUT2D eigenvalue weighted by molar-refractivity contribution is 5.98. The van der Waals surface area contributed by atoms with Gasteiger partial charge >= 0.3 is 6.03 Å². The van der Waals surface area contributed by atoms with E-state index in [9.17, 15) is 9.59 Å². The number of likely N-dealkylation sites (tertiary alicyclic amines) is 1. The molecule has 5 rings (SSSR count). The van der Waals surface area contributed by atoms with Crippen LogP contribution in [0.5, 0.6) is 11.5 Å². The molecule has 1 N–H and O–H groups in total. The molecule has 0 bridgehead atoms. The molecular weight excluding hydrogens is 392 g/mol. The lowest BCUT2D eigenvalue weighted by molar-refractivity contribution is 0.0853. The zero-order chi connectivity index (χ0) is 21.2. The van der Waals surface area contributed by atoms with Crippen LogP contribution in [0.2, 0.25) is 0 Å². The van der Waals surface area contributed by atoms with Crippen LogP contribution >= 0.6 is 0 Å². The van der Waals surface area contributed by atoms with E-state index >= 15 is 0 Å². The number of carbonyl (C=O) groups is 2. The Kier molecular flexibility index (Phi) is 5.53. The Morgan fingerprint density at radius 3 is 2.32 bits per heavy atom. The van der Waals surface area contributed by atoms with Crippen LogP contribution in [-0.2, 0) is 0 Å². The van der Waals surface area contributed by atoms with Gasteiger partial charge in [0.15, 0.2) is 17.3 Å². The number of rotatable bonds is 5. The van der Waals surface area contributed by atoms with Crippen molar-refractivity contribution in [2.45, 2.75) is 31.7 Å². The van der Waals surface area contributed by atoms with Crippen LogP contribution in [0.15, 0.2) is 48.5 Å². The number of urea groups is 1. The SMILES string of the molecule is O=C(c1ccccc1)C1CCN(C(=O)NC(c2ccc3c(c2)OCCO3)C2CC2)CC1. The minimum absolute atomic E-state index is 0.0107. The van der Waals surface area contributed by atoms with E-state index in [0.717, 1.165) is 35.5 Å². The fraction of sp³-hybridized carbons (Fsp3) is 0.440. The van der Waals surface area contributed by atoms with E-state index in [1.807, 2.05) is 53.4 Å². The van der Waals surface area contributed by atoms with Gasteiger partial charge in [-0.3, -0.25) is 4.79 Å². The molecule has 2 fully saturated rings. The molecule has 0 radical (unpaired) electrons. The fourth-order valence-electron chi connectivity index (χ4n) is 4.56. The maximum atomic E-state index is 13.0. The molecule has 1 aliphatic carbocycles. The molecule has 2 aromatic rings. The molecular formula is C25H28N2O4. The number of fused-ring (bicyclic) bond motifs is 1. The van der Waals surface area contributed by atoms with E-state index < -0.39 is 0 Å². The third-order valence-corrected chi connectivity index (χ3v) is 6.51. The Morgan fingerprint density at radius 2 is 1.61 bits per heavy atom. The second-order valence-electron chi connectivity index (χ2n) is 8.66. The van der Waals surface area contributed by atoms with Crippen molar-refractivity contribution in [2.75, 3.05) is 26.3 Å². The van der Waals surface area contributed by atoms with E-state index in [2.05, 4.69) is 5.32 Å². The van der Waals surface area contributed by atoms with Crippen molar-refractivity contribution in [2.24, 2.45) is 11.8 Å². The van der Waals surface area contributed by atoms with Crippen molar-refractivity contribution in [3.05, 3.63) is 59.7 Å². The highest BCUT2D eigenvalue weighted by Crippen LogP contribution is 2.43. The maximum absolute atomic E-state index is 13.0. The molecule has 2 heterocycles. The monoisotopic (exact) mass is 420 g/mol. The number of hydrogen-bond acceptors (Lipinski definition) is 4. The first-order valence-corrected chi connectivity index (χ1v) is 11.2. The van der Waals surface area contributed by atoms with Gasteiger partial charge in [-0.2, -0.15) is 0 Å². The minimum atomic E-state index is -0.0441. The van der Waals surface area contributed by atoms with Gasteiger partial charge in [-0.1, -0.05) is 36.4 Å². The summed E-state index contributed by atoms with van der Waals surface area (Å²) in [5, 5.41) is 3.25. The number of Topliss-reactive ketones (excluding diaryl/α,β-unsaturated/α-hetero) is 1. The van der Waals surface area contributed by atoms with E-state index in [1.54, 1.807) is 0 Å². The van der Waals surface area contributed by atoms with Gasteiger partial charge in [-0.05, 0) is 49.3 Å². The molecule has 162 valence electrons. The number of nitrogens with zero attached hydrogens (tertiary/aromatic N) is 1. The lowest BCUT2D eigenvalue weighted by Gasteiger charge is -2.33. The number of ether oxygens (including phenoxy) is 2. The standard InChI is InChI=1S/C25H28N2O4/c28-24(18-4-2-1-3-5-18)19-10-12-27(13-11-19)25(29)26-23(17-6-7-17)20-8-9-21-22(16-20)31-15-14-30-21/h1-5,8-9,16-17,19,23H,6-7,10-15H2,(H,26,29). The normalized spacial score (nSPS) is 19.5. The minimum Gasteiger partial charge on any atom is -0.486 e. The molecule has 6 nitrogen and oxygen atoms in total. The average Bonchev–Trinajstić information content (AvgIpc) is 3.67. The van der Waals surface area contributed by atoms with Crippen LogP contribution < -0.4 is 14.8 Å². The largest absolute Gasteiger partial charge is 0.486 e. The predicted molar refractivity (Wildman–Crippen MR) is 116 cm³/mol. The second kappa shape index (κ2) is 8.61. The number of piperidine rings is 1. The van der Waals surface area contributed by atoms with Gasteiger partial charge < -0.3 is 19.7 Å². The van der Waals surface area contributed by atoms with Crippen LogP contribution in [0, 0.1) is 11.8 Å². The fourth-order valence-corrected chi connectivity index (χ4v) is 4.56. The maximum Gasteiger partial charge on any atom is 0.317 e. The number of amides is 2. The quantitative estimate of drug-likeness (QED) is 0.736. The van der Waals surface area contributed by atoms with Crippen molar-refractivity contribution in [1.82, 2.24) is 10.2 Å². The highest BCUT2D eigenvalue weighted by Gasteiger charge is 2.36. The molecule has 6 heteroatoms. The predicted octanol–water partition coefficient (Wildman–Crippen LogP) is 4.21. The number of hydrogen-bond donors (Lipinski definition) is 1. The van der Waals surface area contributed by atoms with Gasteiger partial charge in [0.1, 0.15) is 13.2 Å². The summed E-state index contributed by atoms with van der Waals surface area (Å²) in [7, 11) is 0. The van der Waals surface area contributed by atoms with Gasteiger partial charge in [-0.25, -0.2) is 4.79 Å². The second-order valence-corrected chi connectivity index (χ2v) is 8.66. The number of ketones is 1. The molecule has 31 heavy (non-hydrogen) atoms. The van der Waals surface area contributed by atoms with Crippen molar-refractivity contribution in [3.63, 3.8) is 0 Å². The molecule has 1 saturated heterocycles. The van der Waals surface area contributed by atoms with Crippen molar-refractivity contribution in [1.29, 1.82) is 0 Å². The third-order valence-electron chi connectivity index (χ3n) is 6.51. The van der Waals surface area contributed by atoms with Gasteiger partial charge in [0, 0.05) is 24.6 Å². The Morgan fingerprint density at radius 1 is 0.903 bits per heavy atom. The lowest BCUT2D eigenvalue weighted by Crippen LogP contribution is -2.46. The summed E-state index contributed by atoms with van der Waals surface area (Å²) in [6.07, 6.45) is 3.65. The van der Waals surface area contributed by atoms with E-state index in [-0.39, 0.29) is 23.8 Å². The lowest BCUT2D eigenvalue weighted by atomic mass is 9.89. The van der Waals surface area contributed by atoms with Crippen LogP contribution in [0.25, 0.3) is 0 Å². The number of benzene rings is 2. The number of nitrogens with one attached hydrogen (secondary N) is 1. The van der Waals surface area contributed by atoms with E-state index in [1.165, 1.54) is 0 Å². The van der Waals surface area contributed by atoms with Gasteiger partial charge in [-0.15, -0.1) is 0 Å². The molecule has 0 spiro atoms. The van der Waals surface area contributed by atoms with Gasteiger partial charge in [0.25, 0.3) is 0 Å². The molecule has 1 saturated carbocycles.